The molecule has 1 heterocycles. The maximum absolute atomic E-state index is 14.8. The zero-order valence-electron chi connectivity index (χ0n) is 19.6. The monoisotopic (exact) mass is 544 g/mol. The van der Waals surface area contributed by atoms with Gasteiger partial charge in [0, 0.05) is 19.2 Å². The second-order valence-corrected chi connectivity index (χ2v) is 8.10. The van der Waals surface area contributed by atoms with E-state index in [4.69, 9.17) is 25.8 Å². The minimum atomic E-state index is -4.98. The number of aromatic nitrogens is 2. The molecule has 37 heavy (non-hydrogen) atoms. The molecule has 0 unspecified atom stereocenters. The van der Waals surface area contributed by atoms with Crippen LogP contribution in [0.5, 0.6) is 17.2 Å². The third kappa shape index (κ3) is 6.50. The van der Waals surface area contributed by atoms with Crippen molar-refractivity contribution in [3.8, 4) is 22.9 Å². The maximum atomic E-state index is 14.8. The molecule has 3 rings (SSSR count). The molecule has 0 atom stereocenters. The van der Waals surface area contributed by atoms with Gasteiger partial charge < -0.3 is 14.2 Å². The molecule has 13 heteroatoms. The van der Waals surface area contributed by atoms with Crippen molar-refractivity contribution in [3.05, 3.63) is 79.8 Å². The summed E-state index contributed by atoms with van der Waals surface area (Å²) < 4.78 is 70.8. The molecule has 0 saturated heterocycles. The summed E-state index contributed by atoms with van der Waals surface area (Å²) in [5, 5.41) is -0.271. The fraction of sp³-hybridized carbons (Fsp3) is 0.292. The van der Waals surface area contributed by atoms with E-state index in [1.807, 2.05) is 6.92 Å². The van der Waals surface area contributed by atoms with E-state index in [0.29, 0.717) is 6.42 Å². The molecule has 198 valence electrons. The van der Waals surface area contributed by atoms with Gasteiger partial charge in [-0.2, -0.15) is 13.2 Å². The molecule has 0 fully saturated rings. The molecule has 0 amide bonds. The van der Waals surface area contributed by atoms with Crippen LogP contribution in [-0.2, 0) is 22.8 Å². The summed E-state index contributed by atoms with van der Waals surface area (Å²) in [5.74, 6) is -1.87. The van der Waals surface area contributed by atoms with Gasteiger partial charge in [-0.25, -0.2) is 18.5 Å². The quantitative estimate of drug-likeness (QED) is 0.217. The number of halogens is 5. The lowest BCUT2D eigenvalue weighted by atomic mass is 10.2. The van der Waals surface area contributed by atoms with Crippen LogP contribution >= 0.6 is 11.6 Å². The summed E-state index contributed by atoms with van der Waals surface area (Å²) in [6, 6.07) is 7.89. The van der Waals surface area contributed by atoms with Crippen LogP contribution in [0.2, 0.25) is 5.02 Å². The van der Waals surface area contributed by atoms with E-state index < -0.39 is 47.2 Å². The molecule has 0 radical (unpaired) electrons. The van der Waals surface area contributed by atoms with Crippen LogP contribution in [0, 0.1) is 5.82 Å². The van der Waals surface area contributed by atoms with Gasteiger partial charge in [0.05, 0.1) is 17.3 Å². The SMILES string of the molecule is CCCCOC(=O)COc1ccccc1Oc1cc(-n2c(=O)cc(C(F)(F)F)n(C)c2=O)c(F)cc1Cl. The fourth-order valence-corrected chi connectivity index (χ4v) is 3.36. The van der Waals surface area contributed by atoms with Crippen LogP contribution in [0.15, 0.2) is 52.1 Å². The van der Waals surface area contributed by atoms with Crippen LogP contribution in [0.3, 0.4) is 0 Å². The van der Waals surface area contributed by atoms with Crippen molar-refractivity contribution < 1.29 is 36.6 Å². The molecule has 0 aliphatic rings. The summed E-state index contributed by atoms with van der Waals surface area (Å²) in [6.45, 7) is 1.76. The number of carbonyl (C=O) groups excluding carboxylic acids is 1. The standard InChI is InChI=1S/C24H21ClF4N2O6/c1-3-4-9-35-22(33)13-36-17-7-5-6-8-18(17)37-19-11-16(15(26)10-14(19)25)31-21(32)12-20(24(27,28)29)30(2)23(31)34/h5-8,10-12H,3-4,9,13H2,1-2H3. The van der Waals surface area contributed by atoms with Gasteiger partial charge in [-0.05, 0) is 24.6 Å². The third-order valence-corrected chi connectivity index (χ3v) is 5.32. The first-order valence-electron chi connectivity index (χ1n) is 10.9. The highest BCUT2D eigenvalue weighted by molar-refractivity contribution is 6.32. The Morgan fingerprint density at radius 1 is 1.05 bits per heavy atom. The number of esters is 1. The Morgan fingerprint density at radius 2 is 1.73 bits per heavy atom. The van der Waals surface area contributed by atoms with E-state index in [0.717, 1.165) is 25.6 Å². The van der Waals surface area contributed by atoms with Crippen molar-refractivity contribution in [2.24, 2.45) is 7.05 Å². The van der Waals surface area contributed by atoms with Gasteiger partial charge in [0.1, 0.15) is 17.3 Å². The average molecular weight is 545 g/mol. The third-order valence-electron chi connectivity index (χ3n) is 5.03. The van der Waals surface area contributed by atoms with E-state index in [9.17, 15) is 31.9 Å². The van der Waals surface area contributed by atoms with E-state index >= 15 is 0 Å². The van der Waals surface area contributed by atoms with Crippen molar-refractivity contribution in [2.75, 3.05) is 13.2 Å². The molecule has 0 bridgehead atoms. The number of rotatable bonds is 9. The molecule has 0 N–H and O–H groups in total. The first-order chi connectivity index (χ1) is 17.4. The number of unbranched alkanes of at least 4 members (excludes halogenated alkanes) is 1. The Morgan fingerprint density at radius 3 is 2.38 bits per heavy atom. The van der Waals surface area contributed by atoms with E-state index in [2.05, 4.69) is 0 Å². The normalized spacial score (nSPS) is 11.3. The zero-order valence-corrected chi connectivity index (χ0v) is 20.4. The van der Waals surface area contributed by atoms with Crippen molar-refractivity contribution in [2.45, 2.75) is 25.9 Å². The maximum Gasteiger partial charge on any atom is 0.431 e. The molecule has 3 aromatic rings. The van der Waals surface area contributed by atoms with Gasteiger partial charge in [-0.3, -0.25) is 9.36 Å². The van der Waals surface area contributed by atoms with Gasteiger partial charge in [0.15, 0.2) is 18.1 Å². The van der Waals surface area contributed by atoms with E-state index in [1.165, 1.54) is 12.1 Å². The first-order valence-corrected chi connectivity index (χ1v) is 11.3. The van der Waals surface area contributed by atoms with Crippen LogP contribution in [-0.4, -0.2) is 28.3 Å². The van der Waals surface area contributed by atoms with Crippen LogP contribution in [0.4, 0.5) is 17.6 Å². The summed E-state index contributed by atoms with van der Waals surface area (Å²) in [5.41, 5.74) is -5.02. The topological polar surface area (TPSA) is 88.8 Å². The lowest BCUT2D eigenvalue weighted by molar-refractivity contribution is -0.146. The van der Waals surface area contributed by atoms with Crippen molar-refractivity contribution >= 4 is 17.6 Å². The molecule has 0 aliphatic carbocycles. The number of hydrogen-bond acceptors (Lipinski definition) is 6. The van der Waals surface area contributed by atoms with Crippen molar-refractivity contribution in [1.82, 2.24) is 9.13 Å². The molecular formula is C24H21ClF4N2O6. The number of ether oxygens (including phenoxy) is 3. The van der Waals surface area contributed by atoms with E-state index in [1.54, 1.807) is 12.1 Å². The van der Waals surface area contributed by atoms with E-state index in [-0.39, 0.29) is 44.1 Å². The Kier molecular flexibility index (Phi) is 8.64. The minimum Gasteiger partial charge on any atom is -0.478 e. The minimum absolute atomic E-state index is 0.0379. The molecule has 2 aromatic carbocycles. The molecule has 0 spiro atoms. The Bertz CT molecular complexity index is 1420. The highest BCUT2D eigenvalue weighted by Crippen LogP contribution is 2.37. The molecule has 0 aliphatic heterocycles. The van der Waals surface area contributed by atoms with Crippen molar-refractivity contribution in [3.63, 3.8) is 0 Å². The Labute approximate surface area is 212 Å². The molecule has 8 nitrogen and oxygen atoms in total. The lowest BCUT2D eigenvalue weighted by Crippen LogP contribution is -2.41. The Hall–Kier alpha value is -3.80. The summed E-state index contributed by atoms with van der Waals surface area (Å²) in [4.78, 5) is 36.8. The fourth-order valence-electron chi connectivity index (χ4n) is 3.17. The second kappa shape index (κ2) is 11.5. The molecule has 1 aromatic heterocycles. The van der Waals surface area contributed by atoms with Crippen LogP contribution in [0.1, 0.15) is 25.5 Å². The number of nitrogens with zero attached hydrogens (tertiary/aromatic N) is 2. The summed E-state index contributed by atoms with van der Waals surface area (Å²) in [7, 11) is 0.799. The predicted octanol–water partition coefficient (Wildman–Crippen LogP) is 4.86. The van der Waals surface area contributed by atoms with Crippen LogP contribution in [0.25, 0.3) is 5.69 Å². The lowest BCUT2D eigenvalue weighted by Gasteiger charge is -2.16. The van der Waals surface area contributed by atoms with Crippen LogP contribution < -0.4 is 20.7 Å². The second-order valence-electron chi connectivity index (χ2n) is 7.69. The number of alkyl halides is 3. The number of benzene rings is 2. The molecule has 0 saturated carbocycles. The highest BCUT2D eigenvalue weighted by Gasteiger charge is 2.35. The van der Waals surface area contributed by atoms with Gasteiger partial charge in [0.2, 0.25) is 0 Å². The number of hydrogen-bond donors (Lipinski definition) is 0. The van der Waals surface area contributed by atoms with Gasteiger partial charge in [0.25, 0.3) is 5.56 Å². The summed E-state index contributed by atoms with van der Waals surface area (Å²) in [6.07, 6.45) is -3.44. The Balaban J connectivity index is 1.96. The van der Waals surface area contributed by atoms with Gasteiger partial charge in [-0.1, -0.05) is 37.1 Å². The summed E-state index contributed by atoms with van der Waals surface area (Å²) >= 11 is 6.09. The van der Waals surface area contributed by atoms with Gasteiger partial charge >= 0.3 is 17.8 Å². The number of carbonyl (C=O) groups is 1. The molecular weight excluding hydrogens is 524 g/mol. The number of para-hydroxylation sites is 2. The first kappa shape index (κ1) is 27.8. The highest BCUT2D eigenvalue weighted by atomic mass is 35.5. The van der Waals surface area contributed by atoms with Crippen molar-refractivity contribution in [1.29, 1.82) is 0 Å². The predicted molar refractivity (Wildman–Crippen MR) is 125 cm³/mol. The van der Waals surface area contributed by atoms with Gasteiger partial charge in [-0.15, -0.1) is 0 Å². The largest absolute Gasteiger partial charge is 0.478 e. The average Bonchev–Trinajstić information content (AvgIpc) is 2.83. The zero-order chi connectivity index (χ0) is 27.3. The smallest absolute Gasteiger partial charge is 0.431 e.